The summed E-state index contributed by atoms with van der Waals surface area (Å²) >= 11 is 0. The van der Waals surface area contributed by atoms with Crippen molar-refractivity contribution in [1.29, 1.82) is 0 Å². The van der Waals surface area contributed by atoms with Crippen LogP contribution >= 0.6 is 0 Å². The zero-order chi connectivity index (χ0) is 12.1. The highest BCUT2D eigenvalue weighted by Crippen LogP contribution is 2.47. The first-order valence-corrected chi connectivity index (χ1v) is 6.85. The Morgan fingerprint density at radius 2 is 2.00 bits per heavy atom. The van der Waals surface area contributed by atoms with Gasteiger partial charge in [-0.2, -0.15) is 0 Å². The van der Waals surface area contributed by atoms with Gasteiger partial charge in [-0.25, -0.2) is 0 Å². The molecule has 4 heteroatoms. The van der Waals surface area contributed by atoms with Gasteiger partial charge in [0.05, 0.1) is 6.54 Å². The number of hydrogen-bond acceptors (Lipinski definition) is 3. The van der Waals surface area contributed by atoms with E-state index in [1.165, 1.54) is 25.7 Å². The molecule has 0 unspecified atom stereocenters. The van der Waals surface area contributed by atoms with Crippen LogP contribution in [0.3, 0.4) is 0 Å². The quantitative estimate of drug-likeness (QED) is 0.617. The van der Waals surface area contributed by atoms with Crippen molar-refractivity contribution in [2.45, 2.75) is 51.0 Å². The lowest BCUT2D eigenvalue weighted by Gasteiger charge is -2.16. The Kier molecular flexibility index (Phi) is 4.40. The maximum absolute atomic E-state index is 11.6. The first kappa shape index (κ1) is 12.8. The van der Waals surface area contributed by atoms with E-state index in [0.29, 0.717) is 12.6 Å². The van der Waals surface area contributed by atoms with E-state index in [0.717, 1.165) is 25.8 Å². The summed E-state index contributed by atoms with van der Waals surface area (Å²) in [5.41, 5.74) is 0.220. The third-order valence-corrected chi connectivity index (χ3v) is 4.17. The minimum absolute atomic E-state index is 0.0983. The molecule has 2 aliphatic rings. The average molecular weight is 240 g/mol. The Hall–Kier alpha value is -0.610. The van der Waals surface area contributed by atoms with E-state index in [-0.39, 0.29) is 17.9 Å². The fourth-order valence-corrected chi connectivity index (χ4v) is 2.64. The monoisotopic (exact) mass is 240 g/mol. The highest BCUT2D eigenvalue weighted by Gasteiger charge is 2.41. The number of nitrogens with one attached hydrogen (secondary N) is 2. The van der Waals surface area contributed by atoms with Gasteiger partial charge in [-0.1, -0.05) is 12.8 Å². The zero-order valence-electron chi connectivity index (χ0n) is 10.5. The Morgan fingerprint density at radius 1 is 1.29 bits per heavy atom. The van der Waals surface area contributed by atoms with Crippen molar-refractivity contribution in [3.8, 4) is 0 Å². The fourth-order valence-electron chi connectivity index (χ4n) is 2.64. The second kappa shape index (κ2) is 5.83. The van der Waals surface area contributed by atoms with Gasteiger partial charge in [-0.15, -0.1) is 0 Å². The van der Waals surface area contributed by atoms with Crippen LogP contribution in [0, 0.1) is 5.41 Å². The number of carbonyl (C=O) groups is 1. The molecule has 17 heavy (non-hydrogen) atoms. The molecule has 98 valence electrons. The van der Waals surface area contributed by atoms with Gasteiger partial charge in [0.2, 0.25) is 5.91 Å². The van der Waals surface area contributed by atoms with E-state index in [2.05, 4.69) is 10.6 Å². The van der Waals surface area contributed by atoms with Gasteiger partial charge >= 0.3 is 0 Å². The normalized spacial score (nSPS) is 22.6. The van der Waals surface area contributed by atoms with Crippen LogP contribution in [0.4, 0.5) is 0 Å². The molecule has 0 atom stereocenters. The Bertz CT molecular complexity index is 258. The smallest absolute Gasteiger partial charge is 0.233 e. The van der Waals surface area contributed by atoms with Crippen molar-refractivity contribution in [3.05, 3.63) is 0 Å². The number of aliphatic hydroxyl groups excluding tert-OH is 1. The van der Waals surface area contributed by atoms with Crippen molar-refractivity contribution < 1.29 is 9.90 Å². The molecule has 0 aromatic carbocycles. The van der Waals surface area contributed by atoms with E-state index < -0.39 is 0 Å². The summed E-state index contributed by atoms with van der Waals surface area (Å²) in [6.45, 7) is 1.41. The predicted molar refractivity (Wildman–Crippen MR) is 66.6 cm³/mol. The predicted octanol–water partition coefficient (Wildman–Crippen LogP) is 0.797. The zero-order valence-corrected chi connectivity index (χ0v) is 10.5. The maximum Gasteiger partial charge on any atom is 0.233 e. The van der Waals surface area contributed by atoms with Gasteiger partial charge in [0.15, 0.2) is 0 Å². The summed E-state index contributed by atoms with van der Waals surface area (Å²) in [7, 11) is 0. The summed E-state index contributed by atoms with van der Waals surface area (Å²) in [5, 5.41) is 15.2. The molecule has 0 aromatic heterocycles. The summed E-state index contributed by atoms with van der Waals surface area (Å²) < 4.78 is 0. The van der Waals surface area contributed by atoms with E-state index in [1.807, 2.05) is 0 Å². The second-order valence-electron chi connectivity index (χ2n) is 5.61. The average Bonchev–Trinajstić information content (AvgIpc) is 2.90. The molecule has 0 aromatic rings. The summed E-state index contributed by atoms with van der Waals surface area (Å²) in [6, 6.07) is 0.549. The molecule has 0 spiro atoms. The minimum Gasteiger partial charge on any atom is -0.396 e. The molecule has 2 rings (SSSR count). The van der Waals surface area contributed by atoms with Gasteiger partial charge in [0.25, 0.3) is 0 Å². The molecule has 0 heterocycles. The molecule has 0 aliphatic heterocycles. The lowest BCUT2D eigenvalue weighted by atomic mass is 10.0. The highest BCUT2D eigenvalue weighted by atomic mass is 16.3. The van der Waals surface area contributed by atoms with Crippen molar-refractivity contribution in [2.24, 2.45) is 5.41 Å². The van der Waals surface area contributed by atoms with Crippen LogP contribution in [0.1, 0.15) is 44.9 Å². The molecule has 4 nitrogen and oxygen atoms in total. The van der Waals surface area contributed by atoms with Crippen molar-refractivity contribution in [3.63, 3.8) is 0 Å². The van der Waals surface area contributed by atoms with Gasteiger partial charge in [-0.05, 0) is 37.5 Å². The Balaban J connectivity index is 1.57. The number of carbonyl (C=O) groups excluding carboxylic acids is 1. The number of aliphatic hydroxyl groups is 1. The Morgan fingerprint density at radius 3 is 2.59 bits per heavy atom. The standard InChI is InChI=1S/C13H24N2O2/c16-8-7-13(5-6-13)10-15-12(17)9-14-11-3-1-2-4-11/h11,14,16H,1-10H2,(H,15,17). The summed E-state index contributed by atoms with van der Waals surface area (Å²) in [4.78, 5) is 11.6. The Labute approximate surface area is 103 Å². The van der Waals surface area contributed by atoms with E-state index >= 15 is 0 Å². The number of hydrogen-bond donors (Lipinski definition) is 3. The van der Waals surface area contributed by atoms with Crippen LogP contribution in [-0.2, 0) is 4.79 Å². The summed E-state index contributed by atoms with van der Waals surface area (Å²) in [6.07, 6.45) is 8.11. The topological polar surface area (TPSA) is 61.4 Å². The van der Waals surface area contributed by atoms with Crippen LogP contribution in [-0.4, -0.2) is 36.8 Å². The molecule has 0 bridgehead atoms. The molecule has 1 amide bonds. The third kappa shape index (κ3) is 3.96. The third-order valence-electron chi connectivity index (χ3n) is 4.17. The molecule has 0 saturated heterocycles. The van der Waals surface area contributed by atoms with Crippen molar-refractivity contribution in [1.82, 2.24) is 10.6 Å². The number of rotatable bonds is 7. The van der Waals surface area contributed by atoms with Crippen molar-refractivity contribution in [2.75, 3.05) is 19.7 Å². The largest absolute Gasteiger partial charge is 0.396 e. The van der Waals surface area contributed by atoms with Gasteiger partial charge < -0.3 is 15.7 Å². The second-order valence-corrected chi connectivity index (χ2v) is 5.61. The SMILES string of the molecule is O=C(CNC1CCCC1)NCC1(CCO)CC1. The van der Waals surface area contributed by atoms with E-state index in [9.17, 15) is 4.79 Å². The van der Waals surface area contributed by atoms with Crippen LogP contribution in [0.25, 0.3) is 0 Å². The van der Waals surface area contributed by atoms with E-state index in [1.54, 1.807) is 0 Å². The van der Waals surface area contributed by atoms with Crippen LogP contribution in [0.2, 0.25) is 0 Å². The molecular weight excluding hydrogens is 216 g/mol. The summed E-state index contributed by atoms with van der Waals surface area (Å²) in [5.74, 6) is 0.0983. The molecular formula is C13H24N2O2. The highest BCUT2D eigenvalue weighted by molar-refractivity contribution is 5.78. The molecule has 2 saturated carbocycles. The van der Waals surface area contributed by atoms with Crippen LogP contribution < -0.4 is 10.6 Å². The number of amides is 1. The molecule has 0 radical (unpaired) electrons. The molecule has 2 fully saturated rings. The van der Waals surface area contributed by atoms with Crippen LogP contribution in [0.15, 0.2) is 0 Å². The van der Waals surface area contributed by atoms with Gasteiger partial charge in [-0.3, -0.25) is 4.79 Å². The van der Waals surface area contributed by atoms with Crippen molar-refractivity contribution >= 4 is 5.91 Å². The molecule has 2 aliphatic carbocycles. The maximum atomic E-state index is 11.6. The minimum atomic E-state index is 0.0983. The fraction of sp³-hybridized carbons (Fsp3) is 0.923. The first-order chi connectivity index (χ1) is 8.24. The van der Waals surface area contributed by atoms with Gasteiger partial charge in [0.1, 0.15) is 0 Å². The first-order valence-electron chi connectivity index (χ1n) is 6.85. The lowest BCUT2D eigenvalue weighted by Crippen LogP contribution is -2.40. The van der Waals surface area contributed by atoms with E-state index in [4.69, 9.17) is 5.11 Å². The lowest BCUT2D eigenvalue weighted by molar-refractivity contribution is -0.120. The van der Waals surface area contributed by atoms with Gasteiger partial charge in [0, 0.05) is 19.2 Å². The van der Waals surface area contributed by atoms with Crippen LogP contribution in [0.5, 0.6) is 0 Å². The molecule has 3 N–H and O–H groups in total.